The molecule has 1 aromatic heterocycles. The highest BCUT2D eigenvalue weighted by Gasteiger charge is 2.00. The molecule has 0 spiro atoms. The number of anilines is 1. The van der Waals surface area contributed by atoms with E-state index < -0.39 is 0 Å². The van der Waals surface area contributed by atoms with E-state index in [1.807, 2.05) is 35.2 Å². The molecule has 0 aliphatic carbocycles. The lowest BCUT2D eigenvalue weighted by Gasteiger charge is -2.10. The van der Waals surface area contributed by atoms with Gasteiger partial charge >= 0.3 is 0 Å². The van der Waals surface area contributed by atoms with Crippen LogP contribution in [0, 0.1) is 5.92 Å². The maximum atomic E-state index is 5.69. The Bertz CT molecular complexity index is 468. The van der Waals surface area contributed by atoms with Gasteiger partial charge in [0.25, 0.3) is 0 Å². The van der Waals surface area contributed by atoms with Gasteiger partial charge in [0.1, 0.15) is 5.75 Å². The Labute approximate surface area is 112 Å². The SMILES string of the molecule is CC(C)COc1cccc(NCc2cscn2)c1. The molecule has 0 saturated carbocycles. The minimum atomic E-state index is 0.539. The summed E-state index contributed by atoms with van der Waals surface area (Å²) in [6.07, 6.45) is 0. The van der Waals surface area contributed by atoms with Gasteiger partial charge in [0.05, 0.1) is 24.4 Å². The van der Waals surface area contributed by atoms with Crippen molar-refractivity contribution in [2.24, 2.45) is 5.92 Å². The fourth-order valence-electron chi connectivity index (χ4n) is 1.48. The van der Waals surface area contributed by atoms with Gasteiger partial charge in [-0.25, -0.2) is 4.98 Å². The second-order valence-electron chi connectivity index (χ2n) is 4.57. The van der Waals surface area contributed by atoms with Gasteiger partial charge in [-0.2, -0.15) is 0 Å². The molecule has 2 rings (SSSR count). The molecule has 2 aromatic rings. The molecule has 1 N–H and O–H groups in total. The highest BCUT2D eigenvalue weighted by molar-refractivity contribution is 7.07. The quantitative estimate of drug-likeness (QED) is 0.860. The standard InChI is InChI=1S/C14H18N2OS/c1-11(2)8-17-14-5-3-4-12(6-14)15-7-13-9-18-10-16-13/h3-6,9-11,15H,7-8H2,1-2H3. The van der Waals surface area contributed by atoms with Crippen molar-refractivity contribution in [1.82, 2.24) is 4.98 Å². The Balaban J connectivity index is 1.90. The Morgan fingerprint density at radius 3 is 3.00 bits per heavy atom. The summed E-state index contributed by atoms with van der Waals surface area (Å²) in [5.74, 6) is 1.45. The predicted molar refractivity (Wildman–Crippen MR) is 76.2 cm³/mol. The monoisotopic (exact) mass is 262 g/mol. The van der Waals surface area contributed by atoms with Gasteiger partial charge < -0.3 is 10.1 Å². The number of hydrogen-bond donors (Lipinski definition) is 1. The third-order valence-corrected chi connectivity index (χ3v) is 3.01. The summed E-state index contributed by atoms with van der Waals surface area (Å²) < 4.78 is 5.69. The Morgan fingerprint density at radius 1 is 1.39 bits per heavy atom. The molecule has 0 fully saturated rings. The van der Waals surface area contributed by atoms with Gasteiger partial charge in [-0.1, -0.05) is 19.9 Å². The zero-order chi connectivity index (χ0) is 12.8. The molecule has 0 saturated heterocycles. The third-order valence-electron chi connectivity index (χ3n) is 2.37. The fourth-order valence-corrected chi connectivity index (χ4v) is 2.03. The number of nitrogens with zero attached hydrogens (tertiary/aromatic N) is 1. The van der Waals surface area contributed by atoms with Crippen molar-refractivity contribution < 1.29 is 4.74 Å². The number of nitrogens with one attached hydrogen (secondary N) is 1. The van der Waals surface area contributed by atoms with Crippen molar-refractivity contribution >= 4 is 17.0 Å². The van der Waals surface area contributed by atoms with Crippen molar-refractivity contribution in [1.29, 1.82) is 0 Å². The Kier molecular flexibility index (Phi) is 4.59. The Morgan fingerprint density at radius 2 is 2.28 bits per heavy atom. The van der Waals surface area contributed by atoms with Crippen molar-refractivity contribution in [3.8, 4) is 5.75 Å². The van der Waals surface area contributed by atoms with Crippen molar-refractivity contribution in [2.45, 2.75) is 20.4 Å². The lowest BCUT2D eigenvalue weighted by molar-refractivity contribution is 0.271. The topological polar surface area (TPSA) is 34.1 Å². The van der Waals surface area contributed by atoms with E-state index in [2.05, 4.69) is 24.1 Å². The van der Waals surface area contributed by atoms with Crippen LogP contribution in [0.3, 0.4) is 0 Å². The second-order valence-corrected chi connectivity index (χ2v) is 5.28. The van der Waals surface area contributed by atoms with Crippen molar-refractivity contribution in [3.05, 3.63) is 40.8 Å². The minimum absolute atomic E-state index is 0.539. The first-order valence-electron chi connectivity index (χ1n) is 6.08. The van der Waals surface area contributed by atoms with Crippen LogP contribution in [0.5, 0.6) is 5.75 Å². The molecular weight excluding hydrogens is 244 g/mol. The van der Waals surface area contributed by atoms with Crippen molar-refractivity contribution in [3.63, 3.8) is 0 Å². The molecule has 18 heavy (non-hydrogen) atoms. The average molecular weight is 262 g/mol. The zero-order valence-electron chi connectivity index (χ0n) is 10.7. The number of ether oxygens (including phenoxy) is 1. The summed E-state index contributed by atoms with van der Waals surface area (Å²) >= 11 is 1.61. The van der Waals surface area contributed by atoms with Crippen LogP contribution < -0.4 is 10.1 Å². The molecular formula is C14H18N2OS. The highest BCUT2D eigenvalue weighted by Crippen LogP contribution is 2.18. The van der Waals surface area contributed by atoms with E-state index in [0.29, 0.717) is 5.92 Å². The predicted octanol–water partition coefficient (Wildman–Crippen LogP) is 3.79. The summed E-state index contributed by atoms with van der Waals surface area (Å²) in [7, 11) is 0. The van der Waals surface area contributed by atoms with Crippen LogP contribution in [-0.4, -0.2) is 11.6 Å². The van der Waals surface area contributed by atoms with Gasteiger partial charge in [-0.15, -0.1) is 11.3 Å². The summed E-state index contributed by atoms with van der Waals surface area (Å²) in [5, 5.41) is 5.39. The summed E-state index contributed by atoms with van der Waals surface area (Å²) in [4.78, 5) is 4.24. The number of aromatic nitrogens is 1. The van der Waals surface area contributed by atoms with Crippen LogP contribution in [0.15, 0.2) is 35.2 Å². The lowest BCUT2D eigenvalue weighted by Crippen LogP contribution is -2.05. The van der Waals surface area contributed by atoms with E-state index in [1.165, 1.54) is 0 Å². The van der Waals surface area contributed by atoms with Gasteiger partial charge in [0.15, 0.2) is 0 Å². The minimum Gasteiger partial charge on any atom is -0.493 e. The van der Waals surface area contributed by atoms with Crippen LogP contribution in [0.2, 0.25) is 0 Å². The summed E-state index contributed by atoms with van der Waals surface area (Å²) in [6, 6.07) is 8.04. The number of rotatable bonds is 6. The van der Waals surface area contributed by atoms with Crippen LogP contribution >= 0.6 is 11.3 Å². The smallest absolute Gasteiger partial charge is 0.121 e. The number of thiazole rings is 1. The van der Waals surface area contributed by atoms with E-state index in [-0.39, 0.29) is 0 Å². The van der Waals surface area contributed by atoms with E-state index in [9.17, 15) is 0 Å². The van der Waals surface area contributed by atoms with Gasteiger partial charge in [-0.3, -0.25) is 0 Å². The molecule has 0 radical (unpaired) electrons. The second kappa shape index (κ2) is 6.40. The molecule has 3 nitrogen and oxygen atoms in total. The maximum absolute atomic E-state index is 5.69. The zero-order valence-corrected chi connectivity index (χ0v) is 11.5. The van der Waals surface area contributed by atoms with Crippen molar-refractivity contribution in [2.75, 3.05) is 11.9 Å². The van der Waals surface area contributed by atoms with E-state index >= 15 is 0 Å². The molecule has 0 atom stereocenters. The summed E-state index contributed by atoms with van der Waals surface area (Å²) in [5.41, 5.74) is 3.97. The molecule has 0 bridgehead atoms. The lowest BCUT2D eigenvalue weighted by atomic mass is 10.2. The maximum Gasteiger partial charge on any atom is 0.121 e. The van der Waals surface area contributed by atoms with E-state index in [0.717, 1.165) is 30.3 Å². The molecule has 1 heterocycles. The van der Waals surface area contributed by atoms with Crippen LogP contribution in [-0.2, 0) is 6.54 Å². The largest absolute Gasteiger partial charge is 0.493 e. The molecule has 0 aliphatic heterocycles. The van der Waals surface area contributed by atoms with Gasteiger partial charge in [0.2, 0.25) is 0 Å². The number of hydrogen-bond acceptors (Lipinski definition) is 4. The van der Waals surface area contributed by atoms with E-state index in [1.54, 1.807) is 11.3 Å². The van der Waals surface area contributed by atoms with Crippen LogP contribution in [0.4, 0.5) is 5.69 Å². The third kappa shape index (κ3) is 4.04. The molecule has 0 unspecified atom stereocenters. The van der Waals surface area contributed by atoms with Gasteiger partial charge in [0, 0.05) is 17.1 Å². The molecule has 0 aliphatic rings. The molecule has 0 amide bonds. The molecule has 4 heteroatoms. The Hall–Kier alpha value is -1.55. The fraction of sp³-hybridized carbons (Fsp3) is 0.357. The van der Waals surface area contributed by atoms with Crippen LogP contribution in [0.25, 0.3) is 0 Å². The van der Waals surface area contributed by atoms with Crippen LogP contribution in [0.1, 0.15) is 19.5 Å². The van der Waals surface area contributed by atoms with E-state index in [4.69, 9.17) is 4.74 Å². The van der Waals surface area contributed by atoms with Gasteiger partial charge in [-0.05, 0) is 18.1 Å². The molecule has 1 aromatic carbocycles. The highest BCUT2D eigenvalue weighted by atomic mass is 32.1. The average Bonchev–Trinajstić information content (AvgIpc) is 2.87. The first kappa shape index (κ1) is 12.9. The summed E-state index contributed by atoms with van der Waals surface area (Å²) in [6.45, 7) is 5.78. The molecule has 96 valence electrons. The first-order chi connectivity index (χ1) is 8.74. The first-order valence-corrected chi connectivity index (χ1v) is 7.02. The normalized spacial score (nSPS) is 10.6. The number of benzene rings is 1.